The minimum atomic E-state index is -0.491. The first kappa shape index (κ1) is 28.8. The molecule has 0 aromatic heterocycles. The van der Waals surface area contributed by atoms with Crippen molar-refractivity contribution in [2.45, 2.75) is 10.8 Å². The summed E-state index contributed by atoms with van der Waals surface area (Å²) in [7, 11) is 2.18. The molecule has 236 valence electrons. The highest BCUT2D eigenvalue weighted by Gasteiger charge is 2.56. The Morgan fingerprint density at radius 3 is 1.38 bits per heavy atom. The lowest BCUT2D eigenvalue weighted by molar-refractivity contribution is 0.623. The van der Waals surface area contributed by atoms with E-state index in [4.69, 9.17) is 0 Å². The fourth-order valence-corrected chi connectivity index (χ4v) is 9.32. The van der Waals surface area contributed by atoms with Crippen LogP contribution >= 0.6 is 0 Å². The second-order valence-electron chi connectivity index (χ2n) is 13.7. The Labute approximate surface area is 293 Å². The van der Waals surface area contributed by atoms with Gasteiger partial charge in [0.05, 0.1) is 10.8 Å². The number of hydrogen-bond donors (Lipinski definition) is 0. The third kappa shape index (κ3) is 3.78. The number of rotatable bonds is 4. The van der Waals surface area contributed by atoms with E-state index >= 15 is 0 Å². The molecule has 2 aliphatic rings. The first-order valence-corrected chi connectivity index (χ1v) is 17.5. The van der Waals surface area contributed by atoms with Crippen LogP contribution in [0.2, 0.25) is 0 Å². The summed E-state index contributed by atoms with van der Waals surface area (Å²) in [6, 6.07) is 72.3. The van der Waals surface area contributed by atoms with Crippen LogP contribution in [0, 0.1) is 0 Å². The van der Waals surface area contributed by atoms with Crippen molar-refractivity contribution in [1.29, 1.82) is 0 Å². The molecule has 8 aromatic rings. The van der Waals surface area contributed by atoms with E-state index < -0.39 is 10.8 Å². The van der Waals surface area contributed by atoms with E-state index in [0.29, 0.717) is 0 Å². The molecule has 0 heterocycles. The predicted octanol–water partition coefficient (Wildman–Crippen LogP) is 11.7. The monoisotopic (exact) mass is 637 g/mol. The van der Waals surface area contributed by atoms with Gasteiger partial charge in [-0.15, -0.1) is 0 Å². The maximum atomic E-state index is 2.42. The molecule has 8 aromatic carbocycles. The van der Waals surface area contributed by atoms with Crippen molar-refractivity contribution in [3.05, 3.63) is 239 Å². The van der Waals surface area contributed by atoms with Gasteiger partial charge in [-0.3, -0.25) is 0 Å². The van der Waals surface area contributed by atoms with Gasteiger partial charge in [-0.25, -0.2) is 0 Å². The highest BCUT2D eigenvalue weighted by Crippen LogP contribution is 2.64. The number of hydrogen-bond acceptors (Lipinski definition) is 1. The van der Waals surface area contributed by atoms with Gasteiger partial charge < -0.3 is 4.90 Å². The third-order valence-electron chi connectivity index (χ3n) is 11.4. The highest BCUT2D eigenvalue weighted by molar-refractivity contribution is 5.92. The van der Waals surface area contributed by atoms with Crippen molar-refractivity contribution in [2.75, 3.05) is 11.9 Å². The second kappa shape index (κ2) is 10.9. The Morgan fingerprint density at radius 2 is 0.760 bits per heavy atom. The van der Waals surface area contributed by atoms with Crippen LogP contribution in [0.15, 0.2) is 194 Å². The van der Waals surface area contributed by atoms with Crippen LogP contribution in [0.5, 0.6) is 0 Å². The van der Waals surface area contributed by atoms with Crippen LogP contribution in [0.3, 0.4) is 0 Å². The largest absolute Gasteiger partial charge is 0.345 e. The number of anilines is 2. The molecule has 0 radical (unpaired) electrons. The van der Waals surface area contributed by atoms with E-state index in [0.717, 1.165) is 0 Å². The Hall–Kier alpha value is -6.18. The fourth-order valence-electron chi connectivity index (χ4n) is 9.32. The summed E-state index contributed by atoms with van der Waals surface area (Å²) in [6.07, 6.45) is 0. The van der Waals surface area contributed by atoms with Gasteiger partial charge in [-0.2, -0.15) is 0 Å². The first-order chi connectivity index (χ1) is 24.7. The van der Waals surface area contributed by atoms with Gasteiger partial charge in [-0.1, -0.05) is 170 Å². The molecule has 2 aliphatic carbocycles. The molecular weight excluding hydrogens is 603 g/mol. The zero-order chi connectivity index (χ0) is 33.3. The van der Waals surface area contributed by atoms with Crippen LogP contribution < -0.4 is 4.90 Å². The predicted molar refractivity (Wildman–Crippen MR) is 208 cm³/mol. The Morgan fingerprint density at radius 1 is 0.320 bits per heavy atom. The molecule has 1 nitrogen and oxygen atoms in total. The Balaban J connectivity index is 1.27. The first-order valence-electron chi connectivity index (χ1n) is 17.5. The molecule has 1 heteroatoms. The molecule has 0 fully saturated rings. The maximum Gasteiger partial charge on any atom is 0.0720 e. The average Bonchev–Trinajstić information content (AvgIpc) is 3.49. The van der Waals surface area contributed by atoms with Gasteiger partial charge in [0, 0.05) is 18.4 Å². The lowest BCUT2D eigenvalue weighted by Crippen LogP contribution is -2.44. The zero-order valence-electron chi connectivity index (χ0n) is 27.9. The normalized spacial score (nSPS) is 14.4. The van der Waals surface area contributed by atoms with Gasteiger partial charge in [0.2, 0.25) is 0 Å². The highest BCUT2D eigenvalue weighted by atomic mass is 15.1. The van der Waals surface area contributed by atoms with Crippen LogP contribution in [0.1, 0.15) is 44.5 Å². The summed E-state index contributed by atoms with van der Waals surface area (Å²) >= 11 is 0. The van der Waals surface area contributed by atoms with Gasteiger partial charge in [0.1, 0.15) is 0 Å². The molecule has 0 unspecified atom stereocenters. The van der Waals surface area contributed by atoms with E-state index in [1.807, 2.05) is 0 Å². The van der Waals surface area contributed by atoms with Crippen LogP contribution in [0.4, 0.5) is 11.4 Å². The Kier molecular flexibility index (Phi) is 6.29. The van der Waals surface area contributed by atoms with Crippen LogP contribution in [0.25, 0.3) is 21.9 Å². The van der Waals surface area contributed by atoms with Crippen LogP contribution in [-0.2, 0) is 10.8 Å². The number of fused-ring (bicyclic) bond motifs is 10. The Bertz CT molecular complexity index is 2480. The molecule has 10 rings (SSSR count). The average molecular weight is 638 g/mol. The molecule has 0 bridgehead atoms. The number of nitrogens with zero attached hydrogens (tertiary/aromatic N) is 1. The van der Waals surface area contributed by atoms with Gasteiger partial charge in [0.15, 0.2) is 0 Å². The molecular formula is C49H35N. The van der Waals surface area contributed by atoms with Crippen molar-refractivity contribution in [1.82, 2.24) is 0 Å². The summed E-state index contributed by atoms with van der Waals surface area (Å²) in [4.78, 5) is 2.32. The van der Waals surface area contributed by atoms with E-state index in [2.05, 4.69) is 206 Å². The molecule has 50 heavy (non-hydrogen) atoms. The van der Waals surface area contributed by atoms with E-state index in [1.54, 1.807) is 0 Å². The van der Waals surface area contributed by atoms with Crippen molar-refractivity contribution >= 4 is 22.1 Å². The lowest BCUT2D eigenvalue weighted by Gasteiger charge is -2.50. The van der Waals surface area contributed by atoms with E-state index in [1.165, 1.54) is 77.8 Å². The van der Waals surface area contributed by atoms with Crippen molar-refractivity contribution in [2.24, 2.45) is 0 Å². The molecule has 0 N–H and O–H groups in total. The van der Waals surface area contributed by atoms with Crippen molar-refractivity contribution in [3.8, 4) is 11.1 Å². The summed E-state index contributed by atoms with van der Waals surface area (Å²) in [5.74, 6) is 0. The van der Waals surface area contributed by atoms with Crippen LogP contribution in [-0.4, -0.2) is 7.05 Å². The number of benzene rings is 8. The smallest absolute Gasteiger partial charge is 0.0720 e. The van der Waals surface area contributed by atoms with Crippen molar-refractivity contribution < 1.29 is 0 Å². The molecule has 0 atom stereocenters. The van der Waals surface area contributed by atoms with Gasteiger partial charge in [-0.05, 0) is 90.7 Å². The van der Waals surface area contributed by atoms with E-state index in [-0.39, 0.29) is 0 Å². The third-order valence-corrected chi connectivity index (χ3v) is 11.4. The van der Waals surface area contributed by atoms with Gasteiger partial charge >= 0.3 is 0 Å². The summed E-state index contributed by atoms with van der Waals surface area (Å²) in [6.45, 7) is 0. The second-order valence-corrected chi connectivity index (χ2v) is 13.7. The molecule has 1 spiro atoms. The SMILES string of the molecule is CN(c1ccc2c(c1)-c1ccccc1C21c2ccccc2C(c2ccccc2)(c2ccccc2)c2ccccc21)c1ccc2ccccc2c1. The van der Waals surface area contributed by atoms with Crippen molar-refractivity contribution in [3.63, 3.8) is 0 Å². The minimum absolute atomic E-state index is 0.480. The summed E-state index contributed by atoms with van der Waals surface area (Å²) < 4.78 is 0. The summed E-state index contributed by atoms with van der Waals surface area (Å²) in [5.41, 5.74) is 14.5. The topological polar surface area (TPSA) is 3.24 Å². The fraction of sp³-hybridized carbons (Fsp3) is 0.0612. The molecule has 0 saturated heterocycles. The molecule has 0 aliphatic heterocycles. The maximum absolute atomic E-state index is 2.42. The summed E-state index contributed by atoms with van der Waals surface area (Å²) in [5, 5.41) is 2.50. The van der Waals surface area contributed by atoms with Gasteiger partial charge in [0.25, 0.3) is 0 Å². The molecule has 0 saturated carbocycles. The zero-order valence-corrected chi connectivity index (χ0v) is 27.9. The van der Waals surface area contributed by atoms with E-state index in [9.17, 15) is 0 Å². The standard InChI is InChI=1S/C49H35N/c1-50(38-29-28-34-16-8-9-17-35(34)32-38)39-30-31-43-41(33-39)40-22-10-11-23-42(40)49(43)46-26-14-12-24-44(46)48(36-18-4-2-5-19-36,37-20-6-3-7-21-37)45-25-13-15-27-47(45)49/h2-33H,1H3. The quantitative estimate of drug-likeness (QED) is 0.186. The minimum Gasteiger partial charge on any atom is -0.345 e. The lowest BCUT2D eigenvalue weighted by atomic mass is 9.51. The molecule has 0 amide bonds.